The molecule has 4 nitrogen and oxygen atoms in total. The molecule has 21 heavy (non-hydrogen) atoms. The van der Waals surface area contributed by atoms with Crippen LogP contribution >= 0.6 is 11.8 Å². The second-order valence-corrected chi connectivity index (χ2v) is 6.44. The van der Waals surface area contributed by atoms with Crippen molar-refractivity contribution in [3.8, 4) is 0 Å². The highest BCUT2D eigenvalue weighted by Gasteiger charge is 2.10. The quantitative estimate of drug-likeness (QED) is 0.811. The molecule has 0 saturated carbocycles. The van der Waals surface area contributed by atoms with Gasteiger partial charge in [0.15, 0.2) is 0 Å². The molecule has 1 aliphatic rings. The molecule has 1 saturated heterocycles. The molecule has 1 amide bonds. The van der Waals surface area contributed by atoms with Gasteiger partial charge in [0.2, 0.25) is 0 Å². The van der Waals surface area contributed by atoms with Gasteiger partial charge in [-0.15, -0.1) is 0 Å². The summed E-state index contributed by atoms with van der Waals surface area (Å²) >= 11 is 2.01. The number of anilines is 1. The topological polar surface area (TPSA) is 44.4 Å². The van der Waals surface area contributed by atoms with Crippen LogP contribution in [0.25, 0.3) is 0 Å². The molecular weight excluding hydrogens is 282 g/mol. The number of benzene rings is 1. The average Bonchev–Trinajstić information content (AvgIpc) is 2.54. The first-order valence-corrected chi connectivity index (χ1v) is 8.87. The van der Waals surface area contributed by atoms with Crippen LogP contribution in [0.2, 0.25) is 0 Å². The number of carbonyl (C=O) groups excluding carboxylic acids is 1. The number of hydrogen-bond donors (Lipinski definition) is 2. The molecule has 1 aromatic rings. The Morgan fingerprint density at radius 1 is 1.19 bits per heavy atom. The van der Waals surface area contributed by atoms with Crippen molar-refractivity contribution in [2.75, 3.05) is 49.5 Å². The summed E-state index contributed by atoms with van der Waals surface area (Å²) in [6.45, 7) is 7.04. The minimum atomic E-state index is 0.0171. The van der Waals surface area contributed by atoms with E-state index in [0.29, 0.717) is 0 Å². The fraction of sp³-hybridized carbons (Fsp3) is 0.562. The fourth-order valence-electron chi connectivity index (χ4n) is 2.26. The van der Waals surface area contributed by atoms with E-state index >= 15 is 0 Å². The van der Waals surface area contributed by atoms with Crippen molar-refractivity contribution in [1.29, 1.82) is 0 Å². The molecule has 1 aromatic carbocycles. The zero-order chi connectivity index (χ0) is 14.9. The summed E-state index contributed by atoms with van der Waals surface area (Å²) in [7, 11) is 0. The van der Waals surface area contributed by atoms with Gasteiger partial charge in [-0.25, -0.2) is 0 Å². The van der Waals surface area contributed by atoms with Crippen molar-refractivity contribution < 1.29 is 4.79 Å². The van der Waals surface area contributed by atoms with E-state index in [2.05, 4.69) is 22.5 Å². The number of hydrogen-bond acceptors (Lipinski definition) is 4. The molecule has 1 heterocycles. The summed E-state index contributed by atoms with van der Waals surface area (Å²) in [5.74, 6) is 2.43. The number of amides is 1. The minimum Gasteiger partial charge on any atom is -0.385 e. The van der Waals surface area contributed by atoms with E-state index in [1.54, 1.807) is 0 Å². The zero-order valence-electron chi connectivity index (χ0n) is 12.7. The Bertz CT molecular complexity index is 430. The lowest BCUT2D eigenvalue weighted by atomic mass is 10.2. The molecule has 2 rings (SSSR count). The predicted molar refractivity (Wildman–Crippen MR) is 91.3 cm³/mol. The number of nitrogens with zero attached hydrogens (tertiary/aromatic N) is 1. The van der Waals surface area contributed by atoms with Gasteiger partial charge in [-0.2, -0.15) is 11.8 Å². The largest absolute Gasteiger partial charge is 0.385 e. The Morgan fingerprint density at radius 3 is 2.57 bits per heavy atom. The molecule has 0 radical (unpaired) electrons. The van der Waals surface area contributed by atoms with Gasteiger partial charge in [-0.05, 0) is 30.7 Å². The van der Waals surface area contributed by atoms with Crippen molar-refractivity contribution in [3.05, 3.63) is 29.8 Å². The monoisotopic (exact) mass is 307 g/mol. The Labute approximate surface area is 131 Å². The number of thioether (sulfide) groups is 1. The molecule has 0 atom stereocenters. The predicted octanol–water partition coefficient (Wildman–Crippen LogP) is 2.29. The van der Waals surface area contributed by atoms with Gasteiger partial charge in [0.05, 0.1) is 0 Å². The standard InChI is InChI=1S/C16H25N3OS/c1-2-7-17-15-5-3-14(4-6-15)16(20)18-8-9-19-10-12-21-13-11-19/h3-6,17H,2,7-13H2,1H3,(H,18,20). The highest BCUT2D eigenvalue weighted by Crippen LogP contribution is 2.10. The van der Waals surface area contributed by atoms with Crippen molar-refractivity contribution in [2.45, 2.75) is 13.3 Å². The third-order valence-corrected chi connectivity index (χ3v) is 4.49. The van der Waals surface area contributed by atoms with E-state index in [0.717, 1.165) is 50.4 Å². The molecule has 1 aliphatic heterocycles. The Balaban J connectivity index is 1.72. The van der Waals surface area contributed by atoms with Crippen LogP contribution in [-0.4, -0.2) is 55.0 Å². The second kappa shape index (κ2) is 8.95. The third-order valence-electron chi connectivity index (χ3n) is 3.54. The van der Waals surface area contributed by atoms with E-state index in [9.17, 15) is 4.79 Å². The minimum absolute atomic E-state index is 0.0171. The summed E-state index contributed by atoms with van der Waals surface area (Å²) < 4.78 is 0. The smallest absolute Gasteiger partial charge is 0.251 e. The molecule has 0 unspecified atom stereocenters. The highest BCUT2D eigenvalue weighted by molar-refractivity contribution is 7.99. The first-order chi connectivity index (χ1) is 10.3. The zero-order valence-corrected chi connectivity index (χ0v) is 13.5. The van der Waals surface area contributed by atoms with Gasteiger partial charge in [0.1, 0.15) is 0 Å². The van der Waals surface area contributed by atoms with Crippen molar-refractivity contribution >= 4 is 23.4 Å². The van der Waals surface area contributed by atoms with Gasteiger partial charge in [0.25, 0.3) is 5.91 Å². The first-order valence-electron chi connectivity index (χ1n) is 7.72. The van der Waals surface area contributed by atoms with Crippen LogP contribution in [0.4, 0.5) is 5.69 Å². The van der Waals surface area contributed by atoms with Crippen molar-refractivity contribution in [1.82, 2.24) is 10.2 Å². The van der Waals surface area contributed by atoms with Crippen molar-refractivity contribution in [3.63, 3.8) is 0 Å². The lowest BCUT2D eigenvalue weighted by Gasteiger charge is -2.25. The lowest BCUT2D eigenvalue weighted by Crippen LogP contribution is -2.39. The average molecular weight is 307 g/mol. The van der Waals surface area contributed by atoms with Crippen LogP contribution in [0.5, 0.6) is 0 Å². The van der Waals surface area contributed by atoms with Gasteiger partial charge in [0, 0.05) is 55.5 Å². The van der Waals surface area contributed by atoms with Crippen LogP contribution in [0, 0.1) is 0 Å². The van der Waals surface area contributed by atoms with E-state index in [1.807, 2.05) is 36.0 Å². The summed E-state index contributed by atoms with van der Waals surface area (Å²) in [6, 6.07) is 7.69. The molecule has 0 spiro atoms. The summed E-state index contributed by atoms with van der Waals surface area (Å²) in [6.07, 6.45) is 1.09. The molecule has 116 valence electrons. The molecule has 0 bridgehead atoms. The Hall–Kier alpha value is -1.20. The SMILES string of the molecule is CCCNc1ccc(C(=O)NCCN2CCSCC2)cc1. The van der Waals surface area contributed by atoms with E-state index < -0.39 is 0 Å². The van der Waals surface area contributed by atoms with Crippen LogP contribution in [0.15, 0.2) is 24.3 Å². The van der Waals surface area contributed by atoms with Gasteiger partial charge >= 0.3 is 0 Å². The van der Waals surface area contributed by atoms with Gasteiger partial charge in [-0.3, -0.25) is 9.69 Å². The Morgan fingerprint density at radius 2 is 1.90 bits per heavy atom. The Kier molecular flexibility index (Phi) is 6.89. The van der Waals surface area contributed by atoms with Gasteiger partial charge in [-0.1, -0.05) is 6.92 Å². The van der Waals surface area contributed by atoms with Crippen LogP contribution in [0.3, 0.4) is 0 Å². The third kappa shape index (κ3) is 5.59. The first kappa shape index (κ1) is 16.2. The highest BCUT2D eigenvalue weighted by atomic mass is 32.2. The lowest BCUT2D eigenvalue weighted by molar-refractivity contribution is 0.0949. The molecule has 5 heteroatoms. The van der Waals surface area contributed by atoms with E-state index in [-0.39, 0.29) is 5.91 Å². The fourth-order valence-corrected chi connectivity index (χ4v) is 3.24. The normalized spacial score (nSPS) is 15.7. The summed E-state index contributed by atoms with van der Waals surface area (Å²) in [4.78, 5) is 14.5. The molecule has 2 N–H and O–H groups in total. The van der Waals surface area contributed by atoms with Crippen molar-refractivity contribution in [2.24, 2.45) is 0 Å². The summed E-state index contributed by atoms with van der Waals surface area (Å²) in [5, 5.41) is 6.31. The van der Waals surface area contributed by atoms with Crippen LogP contribution < -0.4 is 10.6 Å². The van der Waals surface area contributed by atoms with E-state index in [1.165, 1.54) is 11.5 Å². The van der Waals surface area contributed by atoms with Gasteiger partial charge < -0.3 is 10.6 Å². The maximum Gasteiger partial charge on any atom is 0.251 e. The second-order valence-electron chi connectivity index (χ2n) is 5.21. The molecule has 0 aromatic heterocycles. The van der Waals surface area contributed by atoms with Crippen LogP contribution in [-0.2, 0) is 0 Å². The van der Waals surface area contributed by atoms with Crippen LogP contribution in [0.1, 0.15) is 23.7 Å². The number of rotatable bonds is 7. The maximum absolute atomic E-state index is 12.1. The maximum atomic E-state index is 12.1. The number of nitrogens with one attached hydrogen (secondary N) is 2. The summed E-state index contributed by atoms with van der Waals surface area (Å²) in [5.41, 5.74) is 1.80. The number of carbonyl (C=O) groups is 1. The molecule has 1 fully saturated rings. The molecular formula is C16H25N3OS. The van der Waals surface area contributed by atoms with E-state index in [4.69, 9.17) is 0 Å². The molecule has 0 aliphatic carbocycles.